The van der Waals surface area contributed by atoms with Crippen molar-refractivity contribution >= 4 is 29.5 Å². The van der Waals surface area contributed by atoms with Crippen molar-refractivity contribution in [3.63, 3.8) is 0 Å². The third-order valence-corrected chi connectivity index (χ3v) is 7.02. The molecule has 26 heavy (non-hydrogen) atoms. The first-order valence-electron chi connectivity index (χ1n) is 9.08. The average molecular weight is 374 g/mol. The molecule has 0 saturated carbocycles. The zero-order valence-electron chi connectivity index (χ0n) is 14.6. The zero-order valence-corrected chi connectivity index (χ0v) is 15.4. The van der Waals surface area contributed by atoms with Gasteiger partial charge in [0.2, 0.25) is 5.91 Å². The lowest BCUT2D eigenvalue weighted by Gasteiger charge is -2.33. The minimum absolute atomic E-state index is 0.0216. The first-order valence-corrected chi connectivity index (χ1v) is 10.1. The van der Waals surface area contributed by atoms with Crippen LogP contribution in [0.2, 0.25) is 0 Å². The van der Waals surface area contributed by atoms with Crippen LogP contribution in [0.3, 0.4) is 0 Å². The number of benzene rings is 1. The smallest absolute Gasteiger partial charge is 0.330 e. The first-order chi connectivity index (χ1) is 12.6. The molecule has 1 aromatic carbocycles. The van der Waals surface area contributed by atoms with Gasteiger partial charge in [-0.15, -0.1) is 11.8 Å². The molecule has 0 radical (unpaired) electrons. The Labute approximate surface area is 156 Å². The predicted octanol–water partition coefficient (Wildman–Crippen LogP) is 1.74. The summed E-state index contributed by atoms with van der Waals surface area (Å²) in [4.78, 5) is 40.2. The molecular formula is C19H22N2O4S. The molecule has 0 aliphatic carbocycles. The summed E-state index contributed by atoms with van der Waals surface area (Å²) in [7, 11) is 0. The topological polar surface area (TPSA) is 66.9 Å². The summed E-state index contributed by atoms with van der Waals surface area (Å²) in [6.45, 7) is 1.23. The minimum atomic E-state index is -0.624. The Bertz CT molecular complexity index is 720. The summed E-state index contributed by atoms with van der Waals surface area (Å²) in [5.41, 5.74) is 1.04. The third kappa shape index (κ3) is 2.88. The maximum Gasteiger partial charge on any atom is 0.330 e. The Balaban J connectivity index is 1.46. The standard InChI is InChI=1S/C19H22N2O4S/c22-16-8-9-19(14-6-2-1-3-7-14)21(16)15(13-26-19)18(24)25-12-17(23)20-10-4-5-11-20/h1-3,6-7,15H,4-5,8-13H2/t15-,19+/m0/s1. The van der Waals surface area contributed by atoms with E-state index in [9.17, 15) is 14.4 Å². The third-order valence-electron chi connectivity index (χ3n) is 5.42. The van der Waals surface area contributed by atoms with E-state index in [4.69, 9.17) is 4.74 Å². The molecule has 2 amide bonds. The zero-order chi connectivity index (χ0) is 18.1. The molecule has 1 aromatic rings. The average Bonchev–Trinajstić information content (AvgIpc) is 3.38. The van der Waals surface area contributed by atoms with E-state index in [1.165, 1.54) is 0 Å². The van der Waals surface area contributed by atoms with Gasteiger partial charge < -0.3 is 14.5 Å². The summed E-state index contributed by atoms with van der Waals surface area (Å²) < 4.78 is 5.30. The van der Waals surface area contributed by atoms with E-state index in [2.05, 4.69) is 0 Å². The SMILES string of the molecule is O=C(OCC(=O)N1CCCC1)[C@@H]1CS[C@@]2(c3ccccc3)CCC(=O)N12. The van der Waals surface area contributed by atoms with Crippen LogP contribution >= 0.6 is 11.8 Å². The van der Waals surface area contributed by atoms with E-state index >= 15 is 0 Å². The van der Waals surface area contributed by atoms with Gasteiger partial charge in [0.1, 0.15) is 10.9 Å². The Hall–Kier alpha value is -2.02. The fourth-order valence-electron chi connectivity index (χ4n) is 4.10. The second-order valence-corrected chi connectivity index (χ2v) is 8.23. The van der Waals surface area contributed by atoms with Gasteiger partial charge in [-0.25, -0.2) is 4.79 Å². The van der Waals surface area contributed by atoms with E-state index < -0.39 is 16.9 Å². The van der Waals surface area contributed by atoms with E-state index in [0.29, 0.717) is 18.6 Å². The number of thioether (sulfide) groups is 1. The highest BCUT2D eigenvalue weighted by Crippen LogP contribution is 2.54. The van der Waals surface area contributed by atoms with Crippen molar-refractivity contribution in [1.29, 1.82) is 0 Å². The number of esters is 1. The molecule has 138 valence electrons. The van der Waals surface area contributed by atoms with Crippen molar-refractivity contribution in [1.82, 2.24) is 9.80 Å². The molecule has 3 aliphatic rings. The van der Waals surface area contributed by atoms with Crippen LogP contribution in [-0.4, -0.2) is 59.1 Å². The lowest BCUT2D eigenvalue weighted by atomic mass is 10.0. The summed E-state index contributed by atoms with van der Waals surface area (Å²) in [5.74, 6) is -0.148. The van der Waals surface area contributed by atoms with Gasteiger partial charge in [0.05, 0.1) is 0 Å². The maximum absolute atomic E-state index is 12.6. The van der Waals surface area contributed by atoms with Crippen molar-refractivity contribution in [2.24, 2.45) is 0 Å². The van der Waals surface area contributed by atoms with Crippen molar-refractivity contribution in [2.75, 3.05) is 25.4 Å². The monoisotopic (exact) mass is 374 g/mol. The Kier molecular flexibility index (Phi) is 4.65. The lowest BCUT2D eigenvalue weighted by Crippen LogP contribution is -2.47. The van der Waals surface area contributed by atoms with Gasteiger partial charge in [-0.1, -0.05) is 30.3 Å². The first kappa shape index (κ1) is 17.4. The number of hydrogen-bond acceptors (Lipinski definition) is 5. The minimum Gasteiger partial charge on any atom is -0.454 e. The second kappa shape index (κ2) is 6.95. The Morgan fingerprint density at radius 2 is 1.92 bits per heavy atom. The molecule has 3 fully saturated rings. The molecule has 0 unspecified atom stereocenters. The molecule has 3 aliphatic heterocycles. The number of fused-ring (bicyclic) bond motifs is 1. The molecule has 7 heteroatoms. The number of nitrogens with zero attached hydrogens (tertiary/aromatic N) is 2. The summed E-state index contributed by atoms with van der Waals surface area (Å²) in [5, 5.41) is 0. The molecule has 2 atom stereocenters. The number of rotatable bonds is 4. The lowest BCUT2D eigenvalue weighted by molar-refractivity contribution is -0.158. The second-order valence-electron chi connectivity index (χ2n) is 6.94. The number of amides is 2. The van der Waals surface area contributed by atoms with Crippen molar-refractivity contribution in [2.45, 2.75) is 36.6 Å². The number of likely N-dealkylation sites (tertiary alicyclic amines) is 1. The quantitative estimate of drug-likeness (QED) is 0.751. The van der Waals surface area contributed by atoms with Crippen molar-refractivity contribution in [3.8, 4) is 0 Å². The number of ether oxygens (including phenoxy) is 1. The maximum atomic E-state index is 12.6. The highest BCUT2D eigenvalue weighted by atomic mass is 32.2. The van der Waals surface area contributed by atoms with Crippen molar-refractivity contribution < 1.29 is 19.1 Å². The van der Waals surface area contributed by atoms with Crippen LogP contribution in [0.15, 0.2) is 30.3 Å². The van der Waals surface area contributed by atoms with Gasteiger partial charge in [-0.2, -0.15) is 0 Å². The molecule has 3 heterocycles. The summed E-state index contributed by atoms with van der Waals surface area (Å²) >= 11 is 1.62. The van der Waals surface area contributed by atoms with Crippen LogP contribution in [0.1, 0.15) is 31.2 Å². The normalized spacial score (nSPS) is 27.7. The van der Waals surface area contributed by atoms with E-state index in [1.54, 1.807) is 21.6 Å². The fraction of sp³-hybridized carbons (Fsp3) is 0.526. The van der Waals surface area contributed by atoms with Gasteiger partial charge in [-0.05, 0) is 24.8 Å². The summed E-state index contributed by atoms with van der Waals surface area (Å²) in [6, 6.07) is 9.22. The molecule has 0 N–H and O–H groups in total. The van der Waals surface area contributed by atoms with E-state index in [0.717, 1.165) is 31.5 Å². The van der Waals surface area contributed by atoms with E-state index in [-0.39, 0.29) is 18.4 Å². The molecule has 4 rings (SSSR count). The molecule has 0 aromatic heterocycles. The van der Waals surface area contributed by atoms with Crippen LogP contribution < -0.4 is 0 Å². The van der Waals surface area contributed by atoms with Crippen LogP contribution in [0.5, 0.6) is 0 Å². The highest BCUT2D eigenvalue weighted by Gasteiger charge is 2.57. The van der Waals surface area contributed by atoms with Gasteiger partial charge in [0.15, 0.2) is 6.61 Å². The van der Waals surface area contributed by atoms with Crippen LogP contribution in [0.4, 0.5) is 0 Å². The van der Waals surface area contributed by atoms with Gasteiger partial charge in [0, 0.05) is 25.3 Å². The van der Waals surface area contributed by atoms with Crippen LogP contribution in [-0.2, 0) is 24.0 Å². The molecule has 3 saturated heterocycles. The van der Waals surface area contributed by atoms with Gasteiger partial charge in [0.25, 0.3) is 5.91 Å². The Morgan fingerprint density at radius 1 is 1.19 bits per heavy atom. The van der Waals surface area contributed by atoms with Gasteiger partial charge in [-0.3, -0.25) is 9.59 Å². The molecule has 0 spiro atoms. The Morgan fingerprint density at radius 3 is 2.65 bits per heavy atom. The van der Waals surface area contributed by atoms with Crippen molar-refractivity contribution in [3.05, 3.63) is 35.9 Å². The fourth-order valence-corrected chi connectivity index (χ4v) is 5.74. The number of carbonyl (C=O) groups is 3. The highest BCUT2D eigenvalue weighted by molar-refractivity contribution is 8.00. The van der Waals surface area contributed by atoms with Crippen LogP contribution in [0, 0.1) is 0 Å². The van der Waals surface area contributed by atoms with E-state index in [1.807, 2.05) is 30.3 Å². The number of hydrogen-bond donors (Lipinski definition) is 0. The number of carbonyl (C=O) groups excluding carboxylic acids is 3. The van der Waals surface area contributed by atoms with Gasteiger partial charge >= 0.3 is 5.97 Å². The molecule has 0 bridgehead atoms. The largest absolute Gasteiger partial charge is 0.454 e. The summed E-state index contributed by atoms with van der Waals surface area (Å²) in [6.07, 6.45) is 3.12. The van der Waals surface area contributed by atoms with Crippen LogP contribution in [0.25, 0.3) is 0 Å². The molecule has 6 nitrogen and oxygen atoms in total. The molecular weight excluding hydrogens is 352 g/mol. The predicted molar refractivity (Wildman–Crippen MR) is 97.2 cm³/mol.